The molecule has 0 bridgehead atoms. The first-order valence-corrected chi connectivity index (χ1v) is 7.67. The molecule has 0 saturated heterocycles. The molecule has 0 aliphatic carbocycles. The average Bonchev–Trinajstić information content (AvgIpc) is 2.25. The molecule has 1 rings (SSSR count). The highest BCUT2D eigenvalue weighted by Crippen LogP contribution is 2.10. The summed E-state index contributed by atoms with van der Waals surface area (Å²) in [6.45, 7) is 1.86. The SMILES string of the molecule is CC(CS(C)(=O)=O)NCc1ccc(F)c(CO)c1. The Labute approximate surface area is 107 Å². The lowest BCUT2D eigenvalue weighted by Crippen LogP contribution is -2.32. The summed E-state index contributed by atoms with van der Waals surface area (Å²) in [4.78, 5) is 0. The normalized spacial score (nSPS) is 13.6. The second-order valence-electron chi connectivity index (χ2n) is 4.46. The van der Waals surface area contributed by atoms with Crippen LogP contribution in [0.2, 0.25) is 0 Å². The molecule has 0 heterocycles. The Hall–Kier alpha value is -0.980. The monoisotopic (exact) mass is 275 g/mol. The number of hydrogen-bond donors (Lipinski definition) is 2. The van der Waals surface area contributed by atoms with Gasteiger partial charge in [-0.15, -0.1) is 0 Å². The van der Waals surface area contributed by atoms with Gasteiger partial charge in [0.2, 0.25) is 0 Å². The highest BCUT2D eigenvalue weighted by Gasteiger charge is 2.10. The molecule has 0 spiro atoms. The third kappa shape index (κ3) is 5.12. The Morgan fingerprint density at radius 1 is 1.44 bits per heavy atom. The Kier molecular flexibility index (Phi) is 5.25. The molecule has 0 fully saturated rings. The van der Waals surface area contributed by atoms with E-state index in [0.29, 0.717) is 6.54 Å². The van der Waals surface area contributed by atoms with E-state index in [1.807, 2.05) is 0 Å². The quantitative estimate of drug-likeness (QED) is 0.807. The Morgan fingerprint density at radius 2 is 2.11 bits per heavy atom. The molecule has 0 saturated carbocycles. The van der Waals surface area contributed by atoms with Crippen LogP contribution in [-0.4, -0.2) is 31.6 Å². The molecule has 2 N–H and O–H groups in total. The van der Waals surface area contributed by atoms with E-state index < -0.39 is 15.7 Å². The molecular weight excluding hydrogens is 257 g/mol. The van der Waals surface area contributed by atoms with Crippen molar-refractivity contribution < 1.29 is 17.9 Å². The van der Waals surface area contributed by atoms with Crippen LogP contribution >= 0.6 is 0 Å². The molecule has 18 heavy (non-hydrogen) atoms. The fourth-order valence-electron chi connectivity index (χ4n) is 1.66. The van der Waals surface area contributed by atoms with Crippen molar-refractivity contribution >= 4 is 9.84 Å². The second kappa shape index (κ2) is 6.26. The van der Waals surface area contributed by atoms with Gasteiger partial charge in [0, 0.05) is 24.4 Å². The van der Waals surface area contributed by atoms with Gasteiger partial charge in [-0.1, -0.05) is 6.07 Å². The number of benzene rings is 1. The van der Waals surface area contributed by atoms with Crippen molar-refractivity contribution in [3.8, 4) is 0 Å². The van der Waals surface area contributed by atoms with Crippen molar-refractivity contribution in [2.75, 3.05) is 12.0 Å². The number of sulfone groups is 1. The van der Waals surface area contributed by atoms with Crippen LogP contribution in [0.4, 0.5) is 4.39 Å². The molecule has 102 valence electrons. The first-order chi connectivity index (χ1) is 8.31. The van der Waals surface area contributed by atoms with Crippen molar-refractivity contribution in [2.24, 2.45) is 0 Å². The van der Waals surface area contributed by atoms with E-state index in [-0.39, 0.29) is 24.0 Å². The largest absolute Gasteiger partial charge is 0.392 e. The Morgan fingerprint density at radius 3 is 2.67 bits per heavy atom. The molecule has 0 amide bonds. The van der Waals surface area contributed by atoms with E-state index in [0.717, 1.165) is 5.56 Å². The minimum absolute atomic E-state index is 0.0566. The van der Waals surface area contributed by atoms with Crippen molar-refractivity contribution in [2.45, 2.75) is 26.1 Å². The summed E-state index contributed by atoms with van der Waals surface area (Å²) >= 11 is 0. The van der Waals surface area contributed by atoms with Crippen LogP contribution in [0.3, 0.4) is 0 Å². The van der Waals surface area contributed by atoms with Crippen LogP contribution in [0.25, 0.3) is 0 Å². The molecule has 0 aliphatic heterocycles. The summed E-state index contributed by atoms with van der Waals surface area (Å²) < 4.78 is 35.3. The lowest BCUT2D eigenvalue weighted by molar-refractivity contribution is 0.275. The van der Waals surface area contributed by atoms with Crippen LogP contribution in [0.15, 0.2) is 18.2 Å². The number of aliphatic hydroxyl groups is 1. The maximum absolute atomic E-state index is 13.1. The lowest BCUT2D eigenvalue weighted by atomic mass is 10.1. The fraction of sp³-hybridized carbons (Fsp3) is 0.500. The number of aliphatic hydroxyl groups excluding tert-OH is 1. The summed E-state index contributed by atoms with van der Waals surface area (Å²) in [5.74, 6) is -0.383. The van der Waals surface area contributed by atoms with Gasteiger partial charge in [-0.05, 0) is 24.6 Å². The maximum atomic E-state index is 13.1. The summed E-state index contributed by atoms with van der Waals surface area (Å²) in [7, 11) is -3.01. The summed E-state index contributed by atoms with van der Waals surface area (Å²) in [6.07, 6.45) is 1.19. The standard InChI is InChI=1S/C12H18FNO3S/c1-9(8-18(2,16)17)14-6-10-3-4-12(13)11(5-10)7-15/h3-5,9,14-15H,6-8H2,1-2H3. The average molecular weight is 275 g/mol. The summed E-state index contributed by atoms with van der Waals surface area (Å²) in [6, 6.07) is 4.29. The van der Waals surface area contributed by atoms with E-state index in [4.69, 9.17) is 5.11 Å². The molecule has 4 nitrogen and oxygen atoms in total. The molecular formula is C12H18FNO3S. The summed E-state index contributed by atoms with van der Waals surface area (Å²) in [5.41, 5.74) is 1.05. The second-order valence-corrected chi connectivity index (χ2v) is 6.64. The third-order valence-corrected chi connectivity index (χ3v) is 3.59. The van der Waals surface area contributed by atoms with E-state index in [2.05, 4.69) is 5.32 Å². The van der Waals surface area contributed by atoms with Gasteiger partial charge >= 0.3 is 0 Å². The maximum Gasteiger partial charge on any atom is 0.148 e. The van der Waals surface area contributed by atoms with E-state index in [1.165, 1.54) is 12.3 Å². The van der Waals surface area contributed by atoms with Crippen LogP contribution in [0, 0.1) is 5.82 Å². The zero-order valence-electron chi connectivity index (χ0n) is 10.5. The zero-order chi connectivity index (χ0) is 13.8. The van der Waals surface area contributed by atoms with Crippen LogP contribution in [0.5, 0.6) is 0 Å². The van der Waals surface area contributed by atoms with Crippen molar-refractivity contribution in [3.63, 3.8) is 0 Å². The smallest absolute Gasteiger partial charge is 0.148 e. The van der Waals surface area contributed by atoms with Gasteiger partial charge in [-0.2, -0.15) is 0 Å². The van der Waals surface area contributed by atoms with Crippen molar-refractivity contribution in [1.82, 2.24) is 5.32 Å². The molecule has 0 radical (unpaired) electrons. The predicted molar refractivity (Wildman–Crippen MR) is 68.3 cm³/mol. The highest BCUT2D eigenvalue weighted by atomic mass is 32.2. The molecule has 0 aromatic heterocycles. The highest BCUT2D eigenvalue weighted by molar-refractivity contribution is 7.90. The molecule has 0 aliphatic rings. The van der Waals surface area contributed by atoms with Gasteiger partial charge in [-0.25, -0.2) is 12.8 Å². The number of nitrogens with one attached hydrogen (secondary N) is 1. The lowest BCUT2D eigenvalue weighted by Gasteiger charge is -2.13. The van der Waals surface area contributed by atoms with Gasteiger partial charge in [0.25, 0.3) is 0 Å². The number of halogens is 1. The molecule has 1 aromatic rings. The minimum atomic E-state index is -3.01. The predicted octanol–water partition coefficient (Wildman–Crippen LogP) is 0.841. The fourth-order valence-corrected chi connectivity index (χ4v) is 2.69. The number of rotatable bonds is 6. The van der Waals surface area contributed by atoms with Gasteiger partial charge in [-0.3, -0.25) is 0 Å². The van der Waals surface area contributed by atoms with Gasteiger partial charge in [0.05, 0.1) is 12.4 Å². The van der Waals surface area contributed by atoms with Crippen LogP contribution < -0.4 is 5.32 Å². The van der Waals surface area contributed by atoms with Crippen LogP contribution in [0.1, 0.15) is 18.1 Å². The zero-order valence-corrected chi connectivity index (χ0v) is 11.3. The summed E-state index contributed by atoms with van der Waals surface area (Å²) in [5, 5.41) is 12.0. The Bertz CT molecular complexity index is 502. The molecule has 1 unspecified atom stereocenters. The minimum Gasteiger partial charge on any atom is -0.392 e. The van der Waals surface area contributed by atoms with Gasteiger partial charge in [0.1, 0.15) is 15.7 Å². The number of hydrogen-bond acceptors (Lipinski definition) is 4. The van der Waals surface area contributed by atoms with Crippen LogP contribution in [-0.2, 0) is 23.0 Å². The topological polar surface area (TPSA) is 66.4 Å². The van der Waals surface area contributed by atoms with Crippen molar-refractivity contribution in [1.29, 1.82) is 0 Å². The Balaban J connectivity index is 2.58. The first kappa shape index (κ1) is 15.1. The van der Waals surface area contributed by atoms with Gasteiger partial charge < -0.3 is 10.4 Å². The third-order valence-electron chi connectivity index (χ3n) is 2.49. The van der Waals surface area contributed by atoms with E-state index in [1.54, 1.807) is 19.1 Å². The first-order valence-electron chi connectivity index (χ1n) is 5.61. The van der Waals surface area contributed by atoms with Gasteiger partial charge in [0.15, 0.2) is 0 Å². The molecule has 6 heteroatoms. The van der Waals surface area contributed by atoms with E-state index >= 15 is 0 Å². The molecule has 1 atom stereocenters. The molecule has 1 aromatic carbocycles. The van der Waals surface area contributed by atoms with Crippen molar-refractivity contribution in [3.05, 3.63) is 35.1 Å². The van der Waals surface area contributed by atoms with E-state index in [9.17, 15) is 12.8 Å².